The maximum atomic E-state index is 11.9. The Hall–Kier alpha value is -2.62. The van der Waals surface area contributed by atoms with E-state index >= 15 is 0 Å². The van der Waals surface area contributed by atoms with Crippen LogP contribution >= 0.6 is 0 Å². The summed E-state index contributed by atoms with van der Waals surface area (Å²) < 4.78 is 6.43. The molecule has 19 heavy (non-hydrogen) atoms. The van der Waals surface area contributed by atoms with Crippen molar-refractivity contribution < 1.29 is 9.53 Å². The van der Waals surface area contributed by atoms with Crippen molar-refractivity contribution in [3.63, 3.8) is 0 Å². The standard InChI is InChI=1S/C15H12N2O2/c18-15(19-11-12-6-2-1-3-7-12)17-10-13-8-4-5-9-14(13)16-17/h1-10H,11H2. The quantitative estimate of drug-likeness (QED) is 0.703. The number of nitrogens with zero attached hydrogens (tertiary/aromatic N) is 2. The highest BCUT2D eigenvalue weighted by Gasteiger charge is 2.09. The molecule has 0 radical (unpaired) electrons. The molecule has 0 aliphatic heterocycles. The molecule has 0 fully saturated rings. The third-order valence-electron chi connectivity index (χ3n) is 2.81. The van der Waals surface area contributed by atoms with Crippen LogP contribution in [0.5, 0.6) is 0 Å². The molecule has 2 aromatic carbocycles. The van der Waals surface area contributed by atoms with Crippen LogP contribution in [0.1, 0.15) is 5.56 Å². The zero-order valence-electron chi connectivity index (χ0n) is 10.2. The van der Waals surface area contributed by atoms with Gasteiger partial charge in [-0.1, -0.05) is 48.5 Å². The van der Waals surface area contributed by atoms with Crippen LogP contribution in [-0.4, -0.2) is 15.9 Å². The van der Waals surface area contributed by atoms with Gasteiger partial charge in [0.2, 0.25) is 0 Å². The van der Waals surface area contributed by atoms with Crippen molar-refractivity contribution in [1.82, 2.24) is 9.78 Å². The van der Waals surface area contributed by atoms with E-state index in [0.717, 1.165) is 16.5 Å². The molecule has 0 saturated heterocycles. The van der Waals surface area contributed by atoms with E-state index in [1.807, 2.05) is 54.6 Å². The van der Waals surface area contributed by atoms with Crippen LogP contribution in [0.4, 0.5) is 4.79 Å². The molecule has 4 nitrogen and oxygen atoms in total. The Kier molecular flexibility index (Phi) is 2.98. The van der Waals surface area contributed by atoms with E-state index in [2.05, 4.69) is 5.10 Å². The summed E-state index contributed by atoms with van der Waals surface area (Å²) in [4.78, 5) is 11.9. The number of carbonyl (C=O) groups excluding carboxylic acids is 1. The first-order valence-corrected chi connectivity index (χ1v) is 5.98. The van der Waals surface area contributed by atoms with Gasteiger partial charge in [-0.3, -0.25) is 0 Å². The van der Waals surface area contributed by atoms with Crippen LogP contribution < -0.4 is 0 Å². The summed E-state index contributed by atoms with van der Waals surface area (Å²) >= 11 is 0. The number of fused-ring (bicyclic) bond motifs is 1. The second-order valence-electron chi connectivity index (χ2n) is 4.17. The highest BCUT2D eigenvalue weighted by atomic mass is 16.6. The van der Waals surface area contributed by atoms with E-state index in [0.29, 0.717) is 0 Å². The molecule has 94 valence electrons. The lowest BCUT2D eigenvalue weighted by molar-refractivity contribution is 0.138. The lowest BCUT2D eigenvalue weighted by Crippen LogP contribution is -2.13. The third kappa shape index (κ3) is 2.47. The van der Waals surface area contributed by atoms with Gasteiger partial charge in [0.15, 0.2) is 0 Å². The predicted molar refractivity (Wildman–Crippen MR) is 71.8 cm³/mol. The minimum absolute atomic E-state index is 0.246. The van der Waals surface area contributed by atoms with Crippen molar-refractivity contribution in [3.05, 3.63) is 66.4 Å². The summed E-state index contributed by atoms with van der Waals surface area (Å²) in [7, 11) is 0. The summed E-state index contributed by atoms with van der Waals surface area (Å²) in [6.07, 6.45) is 1.20. The van der Waals surface area contributed by atoms with Gasteiger partial charge >= 0.3 is 6.09 Å². The smallest absolute Gasteiger partial charge is 0.435 e. The molecular formula is C15H12N2O2. The number of aromatic nitrogens is 2. The molecule has 0 spiro atoms. The van der Waals surface area contributed by atoms with E-state index < -0.39 is 6.09 Å². The average molecular weight is 252 g/mol. The van der Waals surface area contributed by atoms with Crippen molar-refractivity contribution in [2.75, 3.05) is 0 Å². The molecule has 0 atom stereocenters. The van der Waals surface area contributed by atoms with E-state index in [1.165, 1.54) is 4.68 Å². The molecule has 1 heterocycles. The first-order chi connectivity index (χ1) is 9.33. The van der Waals surface area contributed by atoms with Gasteiger partial charge < -0.3 is 4.74 Å². The number of hydrogen-bond donors (Lipinski definition) is 0. The van der Waals surface area contributed by atoms with Crippen LogP contribution in [-0.2, 0) is 11.3 Å². The number of rotatable bonds is 2. The minimum atomic E-state index is -0.472. The van der Waals surface area contributed by atoms with Gasteiger partial charge in [0, 0.05) is 11.6 Å². The number of benzene rings is 2. The molecule has 0 amide bonds. The van der Waals surface area contributed by atoms with Crippen molar-refractivity contribution in [1.29, 1.82) is 0 Å². The van der Waals surface area contributed by atoms with Gasteiger partial charge in [-0.05, 0) is 11.6 Å². The van der Waals surface area contributed by atoms with Gasteiger partial charge in [-0.25, -0.2) is 4.79 Å². The zero-order valence-corrected chi connectivity index (χ0v) is 10.2. The normalized spacial score (nSPS) is 10.5. The first kappa shape index (κ1) is 11.5. The van der Waals surface area contributed by atoms with E-state index in [9.17, 15) is 4.79 Å². The van der Waals surface area contributed by atoms with Gasteiger partial charge in [0.25, 0.3) is 0 Å². The Bertz CT molecular complexity index is 671. The average Bonchev–Trinajstić information content (AvgIpc) is 2.90. The summed E-state index contributed by atoms with van der Waals surface area (Å²) in [6.45, 7) is 0.246. The molecule has 4 heteroatoms. The second kappa shape index (κ2) is 4.94. The molecule has 0 aliphatic carbocycles. The third-order valence-corrected chi connectivity index (χ3v) is 2.81. The molecular weight excluding hydrogens is 240 g/mol. The topological polar surface area (TPSA) is 44.1 Å². The maximum absolute atomic E-state index is 11.9. The highest BCUT2D eigenvalue weighted by molar-refractivity contribution is 5.82. The first-order valence-electron chi connectivity index (χ1n) is 5.98. The second-order valence-corrected chi connectivity index (χ2v) is 4.17. The minimum Gasteiger partial charge on any atom is -0.443 e. The molecule has 0 saturated carbocycles. The number of ether oxygens (including phenoxy) is 1. The van der Waals surface area contributed by atoms with E-state index in [4.69, 9.17) is 4.74 Å². The Morgan fingerprint density at radius 3 is 2.58 bits per heavy atom. The largest absolute Gasteiger partial charge is 0.443 e. The molecule has 0 bridgehead atoms. The lowest BCUT2D eigenvalue weighted by atomic mass is 10.2. The Morgan fingerprint density at radius 2 is 1.79 bits per heavy atom. The van der Waals surface area contributed by atoms with E-state index in [1.54, 1.807) is 6.20 Å². The number of carbonyl (C=O) groups is 1. The van der Waals surface area contributed by atoms with Crippen LogP contribution in [0.25, 0.3) is 10.9 Å². The van der Waals surface area contributed by atoms with Gasteiger partial charge in [0.1, 0.15) is 6.61 Å². The summed E-state index contributed by atoms with van der Waals surface area (Å²) in [5.41, 5.74) is 1.73. The molecule has 3 aromatic rings. The predicted octanol–water partition coefficient (Wildman–Crippen LogP) is 3.22. The van der Waals surface area contributed by atoms with E-state index in [-0.39, 0.29) is 6.61 Å². The van der Waals surface area contributed by atoms with Crippen LogP contribution in [0.2, 0.25) is 0 Å². The monoisotopic (exact) mass is 252 g/mol. The van der Waals surface area contributed by atoms with Crippen molar-refractivity contribution in [2.24, 2.45) is 0 Å². The van der Waals surface area contributed by atoms with Crippen molar-refractivity contribution in [3.8, 4) is 0 Å². The molecule has 0 N–H and O–H groups in total. The zero-order chi connectivity index (χ0) is 13.1. The Labute approximate surface area is 110 Å². The van der Waals surface area contributed by atoms with Gasteiger partial charge in [-0.15, -0.1) is 0 Å². The van der Waals surface area contributed by atoms with Crippen molar-refractivity contribution in [2.45, 2.75) is 6.61 Å². The summed E-state index contributed by atoms with van der Waals surface area (Å²) in [5.74, 6) is 0. The fraction of sp³-hybridized carbons (Fsp3) is 0.0667. The summed E-state index contributed by atoms with van der Waals surface area (Å²) in [5, 5.41) is 5.08. The fourth-order valence-electron chi connectivity index (χ4n) is 1.84. The van der Waals surface area contributed by atoms with Crippen LogP contribution in [0, 0.1) is 0 Å². The van der Waals surface area contributed by atoms with Gasteiger partial charge in [0.05, 0.1) is 5.52 Å². The molecule has 0 aliphatic rings. The number of hydrogen-bond acceptors (Lipinski definition) is 3. The Morgan fingerprint density at radius 1 is 1.05 bits per heavy atom. The maximum Gasteiger partial charge on any atom is 0.435 e. The molecule has 3 rings (SSSR count). The van der Waals surface area contributed by atoms with Crippen LogP contribution in [0.15, 0.2) is 60.8 Å². The van der Waals surface area contributed by atoms with Crippen molar-refractivity contribution >= 4 is 17.0 Å². The molecule has 0 unspecified atom stereocenters. The van der Waals surface area contributed by atoms with Crippen LogP contribution in [0.3, 0.4) is 0 Å². The van der Waals surface area contributed by atoms with Gasteiger partial charge in [-0.2, -0.15) is 9.78 Å². The SMILES string of the molecule is O=C(OCc1ccccc1)n1cc2ccccc2n1. The highest BCUT2D eigenvalue weighted by Crippen LogP contribution is 2.11. The fourth-order valence-corrected chi connectivity index (χ4v) is 1.84. The summed E-state index contributed by atoms with van der Waals surface area (Å²) in [6, 6.07) is 17.1. The molecule has 1 aromatic heterocycles. The lowest BCUT2D eigenvalue weighted by Gasteiger charge is -2.03. The Balaban J connectivity index is 1.73.